The van der Waals surface area contributed by atoms with Crippen LogP contribution in [0, 0.1) is 0 Å². The molecule has 2 fully saturated rings. The second-order valence-electron chi connectivity index (χ2n) is 4.78. The van der Waals surface area contributed by atoms with E-state index in [4.69, 9.17) is 4.74 Å². The third-order valence-corrected chi connectivity index (χ3v) is 3.62. The number of benzene rings is 1. The molecule has 2 saturated heterocycles. The van der Waals surface area contributed by atoms with Gasteiger partial charge in [0.05, 0.1) is 13.2 Å². The number of hydrogen-bond acceptors (Lipinski definition) is 4. The first-order valence-corrected chi connectivity index (χ1v) is 6.14. The molecule has 0 atom stereocenters. The highest BCUT2D eigenvalue weighted by molar-refractivity contribution is 5.49. The van der Waals surface area contributed by atoms with Gasteiger partial charge in [-0.15, -0.1) is 0 Å². The number of morpholine rings is 1. The zero-order valence-corrected chi connectivity index (χ0v) is 9.85. The minimum absolute atomic E-state index is 0.649. The Labute approximate surface area is 101 Å². The number of ether oxygens (including phenoxy) is 1. The Morgan fingerprint density at radius 3 is 2.29 bits per heavy atom. The predicted molar refractivity (Wildman–Crippen MR) is 66.2 cm³/mol. The van der Waals surface area contributed by atoms with Crippen molar-refractivity contribution in [1.82, 2.24) is 5.32 Å². The van der Waals surface area contributed by atoms with E-state index in [1.165, 1.54) is 5.69 Å². The van der Waals surface area contributed by atoms with E-state index in [0.29, 0.717) is 13.1 Å². The number of aliphatic hydroxyl groups is 1. The molecule has 17 heavy (non-hydrogen) atoms. The van der Waals surface area contributed by atoms with Crippen LogP contribution in [0.1, 0.15) is 5.56 Å². The molecule has 0 aromatic heterocycles. The van der Waals surface area contributed by atoms with Crippen molar-refractivity contribution in [2.75, 3.05) is 44.3 Å². The number of nitrogens with zero attached hydrogens (tertiary/aromatic N) is 1. The first-order valence-electron chi connectivity index (χ1n) is 6.14. The Morgan fingerprint density at radius 1 is 1.12 bits per heavy atom. The molecule has 4 nitrogen and oxygen atoms in total. The van der Waals surface area contributed by atoms with Gasteiger partial charge in [0.1, 0.15) is 5.60 Å². The van der Waals surface area contributed by atoms with Gasteiger partial charge in [0.2, 0.25) is 0 Å². The van der Waals surface area contributed by atoms with Crippen LogP contribution in [0.25, 0.3) is 0 Å². The molecule has 2 heterocycles. The van der Waals surface area contributed by atoms with Crippen molar-refractivity contribution in [2.45, 2.75) is 5.60 Å². The summed E-state index contributed by atoms with van der Waals surface area (Å²) < 4.78 is 5.34. The van der Waals surface area contributed by atoms with E-state index in [2.05, 4.69) is 22.3 Å². The Hall–Kier alpha value is -1.10. The van der Waals surface area contributed by atoms with E-state index in [1.54, 1.807) is 0 Å². The lowest BCUT2D eigenvalue weighted by Crippen LogP contribution is -2.56. The minimum atomic E-state index is -0.649. The lowest BCUT2D eigenvalue weighted by Gasteiger charge is -2.38. The number of hydrogen-bond donors (Lipinski definition) is 2. The minimum Gasteiger partial charge on any atom is -0.382 e. The van der Waals surface area contributed by atoms with Crippen LogP contribution in [0.5, 0.6) is 0 Å². The summed E-state index contributed by atoms with van der Waals surface area (Å²) in [6.45, 7) is 4.81. The molecule has 0 saturated carbocycles. The standard InChI is InChI=1S/C13H18N2O2/c16-13(9-14-10-13)11-1-3-12(4-2-11)15-5-7-17-8-6-15/h1-4,14,16H,5-10H2. The second-order valence-corrected chi connectivity index (χ2v) is 4.78. The van der Waals surface area contributed by atoms with E-state index < -0.39 is 5.60 Å². The van der Waals surface area contributed by atoms with Gasteiger partial charge in [0, 0.05) is 31.9 Å². The summed E-state index contributed by atoms with van der Waals surface area (Å²) in [5, 5.41) is 13.3. The van der Waals surface area contributed by atoms with E-state index in [9.17, 15) is 5.11 Å². The summed E-state index contributed by atoms with van der Waals surface area (Å²) in [5.74, 6) is 0. The van der Waals surface area contributed by atoms with Crippen molar-refractivity contribution in [3.05, 3.63) is 29.8 Å². The average molecular weight is 234 g/mol. The maximum Gasteiger partial charge on any atom is 0.114 e. The molecule has 92 valence electrons. The van der Waals surface area contributed by atoms with Gasteiger partial charge in [-0.25, -0.2) is 0 Å². The van der Waals surface area contributed by atoms with Gasteiger partial charge in [-0.2, -0.15) is 0 Å². The average Bonchev–Trinajstić information content (AvgIpc) is 2.37. The molecule has 4 heteroatoms. The van der Waals surface area contributed by atoms with Gasteiger partial charge in [0.25, 0.3) is 0 Å². The third-order valence-electron chi connectivity index (χ3n) is 3.62. The van der Waals surface area contributed by atoms with Crippen molar-refractivity contribution >= 4 is 5.69 Å². The van der Waals surface area contributed by atoms with Crippen LogP contribution >= 0.6 is 0 Å². The molecule has 0 aliphatic carbocycles. The molecule has 0 radical (unpaired) electrons. The highest BCUT2D eigenvalue weighted by atomic mass is 16.5. The third kappa shape index (κ3) is 2.04. The molecule has 1 aromatic carbocycles. The van der Waals surface area contributed by atoms with Gasteiger partial charge in [-0.1, -0.05) is 12.1 Å². The quantitative estimate of drug-likeness (QED) is 0.773. The van der Waals surface area contributed by atoms with Crippen molar-refractivity contribution in [3.63, 3.8) is 0 Å². The van der Waals surface area contributed by atoms with Crippen molar-refractivity contribution < 1.29 is 9.84 Å². The van der Waals surface area contributed by atoms with E-state index in [0.717, 1.165) is 31.9 Å². The van der Waals surface area contributed by atoms with Crippen LogP contribution in [0.15, 0.2) is 24.3 Å². The molecule has 3 rings (SSSR count). The fourth-order valence-electron chi connectivity index (χ4n) is 2.37. The number of nitrogens with one attached hydrogen (secondary N) is 1. The molecular weight excluding hydrogens is 216 g/mol. The number of anilines is 1. The summed E-state index contributed by atoms with van der Waals surface area (Å²) in [6.07, 6.45) is 0. The Bertz CT molecular complexity index is 381. The van der Waals surface area contributed by atoms with E-state index in [-0.39, 0.29) is 0 Å². The summed E-state index contributed by atoms with van der Waals surface area (Å²) in [7, 11) is 0. The van der Waals surface area contributed by atoms with Crippen LogP contribution in [-0.2, 0) is 10.3 Å². The number of β-amino-alcohol motifs (C(OH)–C–C–N with tert-alkyl or cyclic N) is 1. The molecule has 2 N–H and O–H groups in total. The number of rotatable bonds is 2. The van der Waals surface area contributed by atoms with Gasteiger partial charge in [-0.05, 0) is 17.7 Å². The Kier molecular flexibility index (Phi) is 2.78. The van der Waals surface area contributed by atoms with Crippen LogP contribution in [0.2, 0.25) is 0 Å². The van der Waals surface area contributed by atoms with Crippen LogP contribution < -0.4 is 10.2 Å². The molecule has 2 aliphatic heterocycles. The highest BCUT2D eigenvalue weighted by Crippen LogP contribution is 2.27. The lowest BCUT2D eigenvalue weighted by molar-refractivity contribution is -0.0146. The lowest BCUT2D eigenvalue weighted by atomic mass is 9.88. The smallest absolute Gasteiger partial charge is 0.114 e. The van der Waals surface area contributed by atoms with Crippen LogP contribution in [0.4, 0.5) is 5.69 Å². The normalized spacial score (nSPS) is 23.2. The molecule has 0 bridgehead atoms. The monoisotopic (exact) mass is 234 g/mol. The fourth-order valence-corrected chi connectivity index (χ4v) is 2.37. The summed E-state index contributed by atoms with van der Waals surface area (Å²) in [4.78, 5) is 2.32. The van der Waals surface area contributed by atoms with Crippen molar-refractivity contribution in [1.29, 1.82) is 0 Å². The van der Waals surface area contributed by atoms with Crippen LogP contribution in [0.3, 0.4) is 0 Å². The predicted octanol–water partition coefficient (Wildman–Crippen LogP) is 0.314. The molecule has 2 aliphatic rings. The SMILES string of the molecule is OC1(c2ccc(N3CCOCC3)cc2)CNC1. The zero-order valence-electron chi connectivity index (χ0n) is 9.85. The first-order chi connectivity index (χ1) is 8.28. The van der Waals surface area contributed by atoms with Crippen LogP contribution in [-0.4, -0.2) is 44.5 Å². The first kappa shape index (κ1) is 11.0. The summed E-state index contributed by atoms with van der Waals surface area (Å²) in [5.41, 5.74) is 1.57. The molecule has 0 spiro atoms. The Balaban J connectivity index is 1.75. The summed E-state index contributed by atoms with van der Waals surface area (Å²) >= 11 is 0. The topological polar surface area (TPSA) is 44.7 Å². The fraction of sp³-hybridized carbons (Fsp3) is 0.538. The maximum atomic E-state index is 10.2. The van der Waals surface area contributed by atoms with E-state index >= 15 is 0 Å². The Morgan fingerprint density at radius 2 is 1.76 bits per heavy atom. The van der Waals surface area contributed by atoms with Crippen molar-refractivity contribution in [3.8, 4) is 0 Å². The maximum absolute atomic E-state index is 10.2. The highest BCUT2D eigenvalue weighted by Gasteiger charge is 2.35. The summed E-state index contributed by atoms with van der Waals surface area (Å²) in [6, 6.07) is 8.26. The van der Waals surface area contributed by atoms with Gasteiger partial charge in [0.15, 0.2) is 0 Å². The van der Waals surface area contributed by atoms with Gasteiger partial charge < -0.3 is 20.1 Å². The zero-order chi connectivity index (χ0) is 11.7. The molecular formula is C13H18N2O2. The largest absolute Gasteiger partial charge is 0.382 e. The molecule has 0 amide bonds. The van der Waals surface area contributed by atoms with Gasteiger partial charge in [-0.3, -0.25) is 0 Å². The van der Waals surface area contributed by atoms with Gasteiger partial charge >= 0.3 is 0 Å². The molecule has 1 aromatic rings. The second kappa shape index (κ2) is 4.29. The molecule has 0 unspecified atom stereocenters. The van der Waals surface area contributed by atoms with Crippen molar-refractivity contribution in [2.24, 2.45) is 0 Å². The van der Waals surface area contributed by atoms with E-state index in [1.807, 2.05) is 12.1 Å².